The Kier molecular flexibility index (Phi) is 16.8. The van der Waals surface area contributed by atoms with Gasteiger partial charge in [0.2, 0.25) is 0 Å². The third-order valence-corrected chi connectivity index (χ3v) is 0.846. The lowest BCUT2D eigenvalue weighted by Gasteiger charge is -1.91. The summed E-state index contributed by atoms with van der Waals surface area (Å²) in [5.41, 5.74) is 0. The maximum atomic E-state index is 6.75. The molecule has 0 saturated carbocycles. The van der Waals surface area contributed by atoms with E-state index >= 15 is 0 Å². The van der Waals surface area contributed by atoms with Gasteiger partial charge in [-0.25, -0.2) is 32.4 Å². The molecule has 2 aromatic heterocycles. The van der Waals surface area contributed by atoms with Crippen LogP contribution in [0.3, 0.4) is 0 Å². The fourth-order valence-electron chi connectivity index (χ4n) is 0.449. The van der Waals surface area contributed by atoms with Crippen molar-refractivity contribution in [2.45, 2.75) is 0 Å². The van der Waals surface area contributed by atoms with Crippen LogP contribution in [0.2, 0.25) is 0 Å². The van der Waals surface area contributed by atoms with Crippen LogP contribution in [-0.2, 0) is 0 Å². The van der Waals surface area contributed by atoms with Crippen molar-refractivity contribution >= 4 is 11.9 Å². The van der Waals surface area contributed by atoms with Crippen molar-refractivity contribution in [3.8, 4) is 0 Å². The minimum atomic E-state index is 0. The lowest BCUT2D eigenvalue weighted by atomic mass is 11.1. The van der Waals surface area contributed by atoms with Crippen LogP contribution in [-0.4, -0.2) is 52.4 Å². The molecule has 2 rings (SSSR count). The number of tetrazole rings is 2. The summed E-state index contributed by atoms with van der Waals surface area (Å²) in [5.74, 6) is 4.58. The first-order chi connectivity index (χ1) is 7.95. The van der Waals surface area contributed by atoms with Crippen LogP contribution in [0.25, 0.3) is 0 Å². The second kappa shape index (κ2) is 14.5. The van der Waals surface area contributed by atoms with Gasteiger partial charge in [0.05, 0.1) is 0 Å². The molecule has 2 aromatic rings. The van der Waals surface area contributed by atoms with E-state index in [2.05, 4.69) is 63.3 Å². The lowest BCUT2D eigenvalue weighted by Crippen LogP contribution is -2.42. The van der Waals surface area contributed by atoms with E-state index in [0.717, 1.165) is 0 Å². The Morgan fingerprint density at radius 1 is 0.778 bits per heavy atom. The van der Waals surface area contributed by atoms with E-state index in [9.17, 15) is 0 Å². The highest BCUT2D eigenvalue weighted by molar-refractivity contribution is 5.10. The quantitative estimate of drug-likeness (QED) is 0.295. The van der Waals surface area contributed by atoms with Crippen molar-refractivity contribution in [2.75, 3.05) is 0 Å². The molecule has 0 amide bonds. The second-order valence-corrected chi connectivity index (χ2v) is 1.56. The van der Waals surface area contributed by atoms with Crippen LogP contribution in [0, 0.1) is 0 Å². The fraction of sp³-hybridized carbons (Fsp3) is 0. The molecule has 0 aliphatic heterocycles. The predicted molar refractivity (Wildman–Crippen MR) is 47.0 cm³/mol. The number of azo groups is 1. The summed E-state index contributed by atoms with van der Waals surface area (Å²) in [6.45, 7) is 0. The summed E-state index contributed by atoms with van der Waals surface area (Å²) < 4.78 is 0. The zero-order valence-corrected chi connectivity index (χ0v) is 8.78. The van der Waals surface area contributed by atoms with Gasteiger partial charge in [-0.15, -0.1) is 10.4 Å². The summed E-state index contributed by atoms with van der Waals surface area (Å²) in [7, 11) is 0. The molecule has 0 aliphatic carbocycles. The average Bonchev–Trinajstić information content (AvgIpc) is 3.05. The molecular weight excluding hydrogens is 256 g/mol. The van der Waals surface area contributed by atoms with E-state index in [1.54, 1.807) is 0 Å². The molecule has 0 saturated heterocycles. The maximum absolute atomic E-state index is 6.75. The van der Waals surface area contributed by atoms with Gasteiger partial charge < -0.3 is 11.0 Å². The Hall–Kier alpha value is -2.50. The second-order valence-electron chi connectivity index (χ2n) is 1.56. The topological polar surface area (TPSA) is 289 Å². The molecule has 0 fully saturated rings. The first-order valence-corrected chi connectivity index (χ1v) is 3.37. The summed E-state index contributed by atoms with van der Waals surface area (Å²) in [6, 6.07) is 0. The Morgan fingerprint density at radius 3 is 1.33 bits per heavy atom. The van der Waals surface area contributed by atoms with E-state index < -0.39 is 0 Å². The molecule has 104 valence electrons. The molecule has 2 heterocycles. The molecule has 0 atom stereocenters. The normalized spacial score (nSPS) is 8.00. The molecule has 12 N–H and O–H groups in total. The third-order valence-electron chi connectivity index (χ3n) is 0.846. The number of hydrogen-bond donors (Lipinski definition) is 4. The molecule has 0 radical (unpaired) electrons. The smallest absolute Gasteiger partial charge is 0.117 e. The molecule has 18 heavy (non-hydrogen) atoms. The molecule has 0 aromatic carbocycles. The first kappa shape index (κ1) is 20.9. The largest absolute Gasteiger partial charge is 0.412 e. The zero-order chi connectivity index (χ0) is 12.2. The molecule has 0 bridgehead atoms. The van der Waals surface area contributed by atoms with Gasteiger partial charge in [0.15, 0.2) is 0 Å². The fourth-order valence-corrected chi connectivity index (χ4v) is 0.449. The number of nitrogens with zero attached hydrogens (tertiary/aromatic N) is 10. The molecule has 0 aliphatic rings. The van der Waals surface area contributed by atoms with Gasteiger partial charge >= 0.3 is 0 Å². The minimum absolute atomic E-state index is 0. The van der Waals surface area contributed by atoms with Gasteiger partial charge in [-0.3, -0.25) is 20.4 Å². The highest BCUT2D eigenvalue weighted by Crippen LogP contribution is 2.03. The summed E-state index contributed by atoms with van der Waals surface area (Å²) in [5, 5.41) is 46.8. The van der Waals surface area contributed by atoms with E-state index in [0.29, 0.717) is 0 Å². The van der Waals surface area contributed by atoms with Crippen LogP contribution in [0.5, 0.6) is 0 Å². The number of rotatable bonds is 2. The standard InChI is InChI=1S/C2N10.2H4NO.2H2O/c3(1-5-9-10-6-1)4-2-7-11-12-8-2;2*1-2;;/h;2*2H,1H3;2*1H2/q-2;2*+1;;/b4-3+;;;;. The van der Waals surface area contributed by atoms with Gasteiger partial charge in [-0.05, 0) is 0 Å². The molecular formula is C2H12N12O4. The predicted octanol–water partition coefficient (Wildman–Crippen LogP) is -6.03. The van der Waals surface area contributed by atoms with E-state index in [1.165, 1.54) is 0 Å². The van der Waals surface area contributed by atoms with Gasteiger partial charge in [-0.1, -0.05) is 0 Å². The van der Waals surface area contributed by atoms with E-state index in [4.69, 9.17) is 10.4 Å². The Morgan fingerprint density at radius 2 is 1.11 bits per heavy atom. The van der Waals surface area contributed by atoms with Crippen molar-refractivity contribution in [3.05, 3.63) is 0 Å². The molecule has 0 unspecified atom stereocenters. The Bertz CT molecular complexity index is 319. The lowest BCUT2D eigenvalue weighted by molar-refractivity contribution is -0.670. The van der Waals surface area contributed by atoms with E-state index in [1.807, 2.05) is 0 Å². The average molecular weight is 268 g/mol. The minimum Gasteiger partial charge on any atom is -0.412 e. The highest BCUT2D eigenvalue weighted by Gasteiger charge is 1.79. The van der Waals surface area contributed by atoms with Crippen molar-refractivity contribution < 1.29 is 33.2 Å². The molecule has 16 heteroatoms. The SMILES string of the molecule is N(=N\c1nnn[n-]1)/c1nnn[n-]1.O.O.[NH3+]O.[NH3+]O. The van der Waals surface area contributed by atoms with Crippen LogP contribution >= 0.6 is 0 Å². The van der Waals surface area contributed by atoms with Crippen molar-refractivity contribution in [1.29, 1.82) is 0 Å². The number of hydrogen-bond acceptors (Lipinski definition) is 10. The van der Waals surface area contributed by atoms with Crippen molar-refractivity contribution in [2.24, 2.45) is 10.2 Å². The van der Waals surface area contributed by atoms with Crippen LogP contribution in [0.4, 0.5) is 11.9 Å². The zero-order valence-electron chi connectivity index (χ0n) is 8.78. The monoisotopic (exact) mass is 268 g/mol. The molecule has 16 nitrogen and oxygen atoms in total. The van der Waals surface area contributed by atoms with E-state index in [-0.39, 0.29) is 22.8 Å². The highest BCUT2D eigenvalue weighted by atomic mass is 16.4. The van der Waals surface area contributed by atoms with Gasteiger partial charge in [0.1, 0.15) is 11.9 Å². The third kappa shape index (κ3) is 7.75. The summed E-state index contributed by atoms with van der Waals surface area (Å²) in [6.07, 6.45) is 0. The number of aromatic nitrogens is 8. The Labute approximate surface area is 97.6 Å². The molecule has 0 spiro atoms. The van der Waals surface area contributed by atoms with Crippen LogP contribution in [0.15, 0.2) is 10.2 Å². The number of quaternary nitrogens is 2. The van der Waals surface area contributed by atoms with Crippen LogP contribution in [0.1, 0.15) is 0 Å². The summed E-state index contributed by atoms with van der Waals surface area (Å²) >= 11 is 0. The van der Waals surface area contributed by atoms with Gasteiger partial charge in [0, 0.05) is 0 Å². The van der Waals surface area contributed by atoms with Gasteiger partial charge in [0.25, 0.3) is 0 Å². The Balaban J connectivity index is -0.000000344. The summed E-state index contributed by atoms with van der Waals surface area (Å²) in [4.78, 5) is 0. The van der Waals surface area contributed by atoms with Crippen molar-refractivity contribution in [3.63, 3.8) is 0 Å². The van der Waals surface area contributed by atoms with Crippen LogP contribution < -0.4 is 22.0 Å². The van der Waals surface area contributed by atoms with Gasteiger partial charge in [-0.2, -0.15) is 10.4 Å². The maximum Gasteiger partial charge on any atom is 0.117 e. The first-order valence-electron chi connectivity index (χ1n) is 3.37. The van der Waals surface area contributed by atoms with Crippen molar-refractivity contribution in [1.82, 2.24) is 41.2 Å².